The summed E-state index contributed by atoms with van der Waals surface area (Å²) in [6.45, 7) is 14.1. The fourth-order valence-corrected chi connectivity index (χ4v) is 12.4. The Balaban J connectivity index is 5.20. The largest absolute Gasteiger partial charge is 0.472 e. The van der Waals surface area contributed by atoms with Crippen LogP contribution >= 0.6 is 15.6 Å². The summed E-state index contributed by atoms with van der Waals surface area (Å²) < 4.78 is 68.3. The Morgan fingerprint density at radius 1 is 0.308 bits per heavy atom. The van der Waals surface area contributed by atoms with Gasteiger partial charge in [0.2, 0.25) is 0 Å². The van der Waals surface area contributed by atoms with Gasteiger partial charge in [0.05, 0.1) is 26.4 Å². The van der Waals surface area contributed by atoms with E-state index in [0.717, 1.165) is 120 Å². The summed E-state index contributed by atoms with van der Waals surface area (Å²) in [5, 5.41) is 10.6. The van der Waals surface area contributed by atoms with Gasteiger partial charge in [0, 0.05) is 25.7 Å². The molecule has 0 aliphatic rings. The van der Waals surface area contributed by atoms with Crippen molar-refractivity contribution in [2.45, 2.75) is 375 Å². The number of aliphatic hydroxyl groups is 1. The molecule has 17 nitrogen and oxygen atoms in total. The molecule has 91 heavy (non-hydrogen) atoms. The van der Waals surface area contributed by atoms with Crippen LogP contribution in [0.1, 0.15) is 357 Å². The molecule has 0 aromatic rings. The number of unbranched alkanes of at least 4 members (excludes halogenated alkanes) is 33. The molecule has 4 unspecified atom stereocenters. The summed E-state index contributed by atoms with van der Waals surface area (Å²) in [6.07, 6.45) is 44.6. The fraction of sp³-hybridized carbons (Fsp3) is 0.944. The second-order valence-electron chi connectivity index (χ2n) is 27.4. The average molecular weight is 1340 g/mol. The molecular formula is C72H140O17P2. The number of hydrogen-bond acceptors (Lipinski definition) is 15. The smallest absolute Gasteiger partial charge is 0.462 e. The van der Waals surface area contributed by atoms with Gasteiger partial charge in [0.25, 0.3) is 0 Å². The monoisotopic (exact) mass is 1340 g/mol. The number of esters is 4. The molecule has 0 rings (SSSR count). The molecule has 0 spiro atoms. The van der Waals surface area contributed by atoms with E-state index in [1.165, 1.54) is 154 Å². The Bertz CT molecular complexity index is 1800. The van der Waals surface area contributed by atoms with Crippen molar-refractivity contribution in [3.8, 4) is 0 Å². The van der Waals surface area contributed by atoms with Crippen molar-refractivity contribution < 1.29 is 80.2 Å². The van der Waals surface area contributed by atoms with Crippen LogP contribution in [0, 0.1) is 23.7 Å². The van der Waals surface area contributed by atoms with Gasteiger partial charge in [-0.15, -0.1) is 0 Å². The molecule has 0 bridgehead atoms. The Morgan fingerprint density at radius 3 is 0.780 bits per heavy atom. The molecule has 0 aromatic carbocycles. The van der Waals surface area contributed by atoms with Gasteiger partial charge in [0.15, 0.2) is 12.2 Å². The lowest BCUT2D eigenvalue weighted by molar-refractivity contribution is -0.161. The molecule has 0 saturated carbocycles. The molecule has 0 aromatic heterocycles. The molecule has 0 radical (unpaired) electrons. The highest BCUT2D eigenvalue weighted by molar-refractivity contribution is 7.47. The van der Waals surface area contributed by atoms with Crippen LogP contribution in [0.15, 0.2) is 0 Å². The highest BCUT2D eigenvalue weighted by Gasteiger charge is 2.30. The maximum absolute atomic E-state index is 13.0. The molecule has 0 fully saturated rings. The van der Waals surface area contributed by atoms with Crippen molar-refractivity contribution in [2.24, 2.45) is 23.7 Å². The van der Waals surface area contributed by atoms with Crippen LogP contribution in [0.25, 0.3) is 0 Å². The molecule has 0 heterocycles. The van der Waals surface area contributed by atoms with Crippen molar-refractivity contribution >= 4 is 39.5 Å². The van der Waals surface area contributed by atoms with E-state index >= 15 is 0 Å². The first kappa shape index (κ1) is 89.1. The highest BCUT2D eigenvalue weighted by Crippen LogP contribution is 2.45. The first-order valence-corrected chi connectivity index (χ1v) is 40.3. The standard InChI is InChI=1S/C72H140O17P2/c1-9-64(7)50-42-34-28-30-37-45-53-70(75)83-59-68(89-72(77)55-47-39-31-29-35-43-51-65(8)10-2)61-87-91(80,81)85-57-66(73)56-84-90(78,79)86-60-67(88-71(76)54-46-38-27-23-19-21-25-33-41-49-63(5)6)58-82-69(74)52-44-36-26-22-18-16-14-12-11-13-15-17-20-24-32-40-48-62(3)4/h62-68,73H,9-61H2,1-8H3,(H,78,79)(H,80,81)/t64?,65?,66-,67-,68-/m1/s1. The van der Waals surface area contributed by atoms with E-state index in [4.69, 9.17) is 37.0 Å². The molecule has 0 saturated heterocycles. The van der Waals surface area contributed by atoms with Gasteiger partial charge in [-0.3, -0.25) is 37.3 Å². The van der Waals surface area contributed by atoms with E-state index in [-0.39, 0.29) is 25.7 Å². The third-order valence-electron chi connectivity index (χ3n) is 17.3. The third kappa shape index (κ3) is 63.9. The summed E-state index contributed by atoms with van der Waals surface area (Å²) in [4.78, 5) is 72.6. The van der Waals surface area contributed by atoms with Crippen LogP contribution in [0.4, 0.5) is 0 Å². The summed E-state index contributed by atoms with van der Waals surface area (Å²) in [5.74, 6) is 0.869. The summed E-state index contributed by atoms with van der Waals surface area (Å²) in [6, 6.07) is 0. The zero-order chi connectivity index (χ0) is 67.5. The van der Waals surface area contributed by atoms with Crippen molar-refractivity contribution in [1.29, 1.82) is 0 Å². The van der Waals surface area contributed by atoms with E-state index in [9.17, 15) is 43.2 Å². The lowest BCUT2D eigenvalue weighted by Crippen LogP contribution is -2.30. The molecule has 0 aliphatic carbocycles. The number of carbonyl (C=O) groups is 4. The van der Waals surface area contributed by atoms with Crippen LogP contribution in [0.2, 0.25) is 0 Å². The van der Waals surface area contributed by atoms with Crippen molar-refractivity contribution in [2.75, 3.05) is 39.6 Å². The highest BCUT2D eigenvalue weighted by atomic mass is 31.2. The first-order valence-electron chi connectivity index (χ1n) is 37.3. The maximum atomic E-state index is 13.0. The minimum Gasteiger partial charge on any atom is -0.462 e. The normalized spacial score (nSPS) is 14.8. The second kappa shape index (κ2) is 61.6. The number of aliphatic hydroxyl groups excluding tert-OH is 1. The average Bonchev–Trinajstić information content (AvgIpc) is 2.83. The van der Waals surface area contributed by atoms with Gasteiger partial charge in [-0.2, -0.15) is 0 Å². The molecule has 7 atom stereocenters. The van der Waals surface area contributed by atoms with Gasteiger partial charge < -0.3 is 33.8 Å². The van der Waals surface area contributed by atoms with Crippen LogP contribution in [-0.2, 0) is 65.4 Å². The van der Waals surface area contributed by atoms with Crippen LogP contribution in [-0.4, -0.2) is 96.7 Å². The molecule has 0 amide bonds. The Hall–Kier alpha value is -1.94. The van der Waals surface area contributed by atoms with E-state index in [0.29, 0.717) is 25.7 Å². The topological polar surface area (TPSA) is 237 Å². The number of rotatable bonds is 69. The minimum absolute atomic E-state index is 0.102. The predicted molar refractivity (Wildman–Crippen MR) is 367 cm³/mol. The van der Waals surface area contributed by atoms with Crippen molar-refractivity contribution in [3.63, 3.8) is 0 Å². The Labute approximate surface area is 556 Å². The number of carbonyl (C=O) groups excluding carboxylic acids is 4. The first-order chi connectivity index (χ1) is 43.7. The second-order valence-corrected chi connectivity index (χ2v) is 30.3. The van der Waals surface area contributed by atoms with Gasteiger partial charge in [0.1, 0.15) is 19.3 Å². The van der Waals surface area contributed by atoms with E-state index < -0.39 is 97.5 Å². The summed E-state index contributed by atoms with van der Waals surface area (Å²) in [5.41, 5.74) is 0. The lowest BCUT2D eigenvalue weighted by Gasteiger charge is -2.21. The van der Waals surface area contributed by atoms with Gasteiger partial charge in [-0.1, -0.05) is 306 Å². The zero-order valence-electron chi connectivity index (χ0n) is 59.5. The van der Waals surface area contributed by atoms with Crippen LogP contribution < -0.4 is 0 Å². The minimum atomic E-state index is -4.95. The SMILES string of the molecule is CCC(C)CCCCCCCCC(=O)OC[C@H](COP(=O)(O)OC[C@H](O)COP(=O)(O)OC[C@@H](COC(=O)CCCCCCCCCCCCCCCCCCC(C)C)OC(=O)CCCCCCCCCCCC(C)C)OC(=O)CCCCCCCCC(C)CC. The Morgan fingerprint density at radius 2 is 0.527 bits per heavy atom. The predicted octanol–water partition coefficient (Wildman–Crippen LogP) is 20.5. The van der Waals surface area contributed by atoms with Crippen molar-refractivity contribution in [3.05, 3.63) is 0 Å². The van der Waals surface area contributed by atoms with Gasteiger partial charge in [-0.25, -0.2) is 9.13 Å². The number of phosphoric ester groups is 2. The number of ether oxygens (including phenoxy) is 4. The number of hydrogen-bond donors (Lipinski definition) is 3. The third-order valence-corrected chi connectivity index (χ3v) is 19.2. The van der Waals surface area contributed by atoms with Crippen LogP contribution in [0.3, 0.4) is 0 Å². The fourth-order valence-electron chi connectivity index (χ4n) is 10.8. The lowest BCUT2D eigenvalue weighted by atomic mass is 10.00. The summed E-state index contributed by atoms with van der Waals surface area (Å²) in [7, 11) is -9.90. The maximum Gasteiger partial charge on any atom is 0.472 e. The van der Waals surface area contributed by atoms with E-state index in [1.54, 1.807) is 0 Å². The quantitative estimate of drug-likeness (QED) is 0.0222. The number of phosphoric acid groups is 2. The van der Waals surface area contributed by atoms with Gasteiger partial charge in [-0.05, 0) is 49.4 Å². The van der Waals surface area contributed by atoms with Gasteiger partial charge >= 0.3 is 39.5 Å². The van der Waals surface area contributed by atoms with Crippen LogP contribution in [0.5, 0.6) is 0 Å². The van der Waals surface area contributed by atoms with E-state index in [1.807, 2.05) is 0 Å². The molecular weight excluding hydrogens is 1200 g/mol. The molecule has 3 N–H and O–H groups in total. The molecule has 0 aliphatic heterocycles. The van der Waals surface area contributed by atoms with E-state index in [2.05, 4.69) is 55.4 Å². The molecule has 19 heteroatoms. The zero-order valence-corrected chi connectivity index (χ0v) is 61.3. The summed E-state index contributed by atoms with van der Waals surface area (Å²) >= 11 is 0. The Kier molecular flexibility index (Phi) is 60.3. The van der Waals surface area contributed by atoms with Crippen molar-refractivity contribution in [1.82, 2.24) is 0 Å². The molecule has 540 valence electrons.